The molecule has 20 heavy (non-hydrogen) atoms. The van der Waals surface area contributed by atoms with Crippen molar-refractivity contribution in [3.05, 3.63) is 28.0 Å². The van der Waals surface area contributed by atoms with Gasteiger partial charge in [-0.1, -0.05) is 0 Å². The summed E-state index contributed by atoms with van der Waals surface area (Å²) in [6.45, 7) is 2.34. The van der Waals surface area contributed by atoms with Gasteiger partial charge >= 0.3 is 5.97 Å². The number of carbonyl (C=O) groups is 3. The third-order valence-electron chi connectivity index (χ3n) is 3.07. The molecule has 0 spiro atoms. The van der Waals surface area contributed by atoms with E-state index in [4.69, 9.17) is 5.11 Å². The average Bonchev–Trinajstić information content (AvgIpc) is 2.80. The summed E-state index contributed by atoms with van der Waals surface area (Å²) in [6, 6.07) is 1.43. The number of imide groups is 1. The minimum atomic E-state index is -1.01. The van der Waals surface area contributed by atoms with Gasteiger partial charge < -0.3 is 5.11 Å². The Morgan fingerprint density at radius 3 is 3.05 bits per heavy atom. The Labute approximate surface area is 119 Å². The molecule has 2 heterocycles. The maximum Gasteiger partial charge on any atom is 0.328 e. The summed E-state index contributed by atoms with van der Waals surface area (Å²) in [4.78, 5) is 36.2. The van der Waals surface area contributed by atoms with Gasteiger partial charge in [-0.3, -0.25) is 19.8 Å². The van der Waals surface area contributed by atoms with Crippen LogP contribution in [-0.4, -0.2) is 40.4 Å². The van der Waals surface area contributed by atoms with Crippen LogP contribution in [0.15, 0.2) is 17.5 Å². The number of nitrogens with one attached hydrogen (secondary N) is 1. The van der Waals surface area contributed by atoms with E-state index in [0.717, 1.165) is 16.5 Å². The van der Waals surface area contributed by atoms with Crippen LogP contribution in [0.5, 0.6) is 0 Å². The fourth-order valence-electron chi connectivity index (χ4n) is 1.93. The maximum atomic E-state index is 11.6. The second-order valence-electron chi connectivity index (χ2n) is 4.46. The normalized spacial score (nSPS) is 20.4. The molecule has 2 N–H and O–H groups in total. The number of carbonyl (C=O) groups excluding carboxylic acids is 2. The Morgan fingerprint density at radius 1 is 1.60 bits per heavy atom. The van der Waals surface area contributed by atoms with Crippen molar-refractivity contribution >= 4 is 35.2 Å². The van der Waals surface area contributed by atoms with Gasteiger partial charge in [0.2, 0.25) is 11.8 Å². The van der Waals surface area contributed by atoms with Gasteiger partial charge in [0.1, 0.15) is 0 Å². The summed E-state index contributed by atoms with van der Waals surface area (Å²) in [6.07, 6.45) is 2.59. The van der Waals surface area contributed by atoms with Gasteiger partial charge in [-0.15, -0.1) is 11.3 Å². The summed E-state index contributed by atoms with van der Waals surface area (Å²) < 4.78 is 0. The van der Waals surface area contributed by atoms with Crippen molar-refractivity contribution in [3.63, 3.8) is 0 Å². The van der Waals surface area contributed by atoms with E-state index >= 15 is 0 Å². The van der Waals surface area contributed by atoms with E-state index in [1.54, 1.807) is 11.8 Å². The maximum absolute atomic E-state index is 11.6. The number of carboxylic acid groups (broad SMARTS) is 1. The molecule has 1 aliphatic heterocycles. The second kappa shape index (κ2) is 5.98. The van der Waals surface area contributed by atoms with E-state index < -0.39 is 5.97 Å². The van der Waals surface area contributed by atoms with E-state index in [1.165, 1.54) is 17.4 Å². The molecule has 7 heteroatoms. The zero-order chi connectivity index (χ0) is 14.7. The first-order valence-corrected chi connectivity index (χ1v) is 6.90. The molecule has 0 saturated carbocycles. The lowest BCUT2D eigenvalue weighted by molar-refractivity contribution is -0.139. The molecule has 1 fully saturated rings. The van der Waals surface area contributed by atoms with Crippen molar-refractivity contribution < 1.29 is 19.5 Å². The quantitative estimate of drug-likeness (QED) is 0.630. The van der Waals surface area contributed by atoms with Gasteiger partial charge in [-0.05, 0) is 30.0 Å². The predicted molar refractivity (Wildman–Crippen MR) is 74.0 cm³/mol. The fourth-order valence-corrected chi connectivity index (χ4v) is 2.83. The lowest BCUT2D eigenvalue weighted by atomic mass is 10.1. The third-order valence-corrected chi connectivity index (χ3v) is 3.99. The van der Waals surface area contributed by atoms with E-state index in [9.17, 15) is 14.4 Å². The predicted octanol–water partition coefficient (Wildman–Crippen LogP) is 0.693. The molecule has 1 aromatic heterocycles. The Hall–Kier alpha value is -1.99. The smallest absolute Gasteiger partial charge is 0.328 e. The van der Waals surface area contributed by atoms with Crippen LogP contribution in [0, 0.1) is 0 Å². The van der Waals surface area contributed by atoms with Crippen LogP contribution in [0.25, 0.3) is 6.08 Å². The molecule has 1 saturated heterocycles. The highest BCUT2D eigenvalue weighted by atomic mass is 32.1. The van der Waals surface area contributed by atoms with Crippen LogP contribution in [0.4, 0.5) is 0 Å². The summed E-state index contributed by atoms with van der Waals surface area (Å²) >= 11 is 1.47. The molecule has 1 unspecified atom stereocenters. The van der Waals surface area contributed by atoms with Gasteiger partial charge in [-0.2, -0.15) is 0 Å². The van der Waals surface area contributed by atoms with Crippen LogP contribution in [0.2, 0.25) is 0 Å². The van der Waals surface area contributed by atoms with E-state index in [0.29, 0.717) is 6.54 Å². The van der Waals surface area contributed by atoms with Crippen molar-refractivity contribution in [2.24, 2.45) is 0 Å². The van der Waals surface area contributed by atoms with E-state index in [1.807, 2.05) is 11.4 Å². The van der Waals surface area contributed by atoms with Gasteiger partial charge in [0.05, 0.1) is 12.6 Å². The molecule has 0 aliphatic carbocycles. The van der Waals surface area contributed by atoms with Crippen LogP contribution in [0.1, 0.15) is 17.4 Å². The number of thiophene rings is 1. The molecule has 6 nitrogen and oxygen atoms in total. The highest BCUT2D eigenvalue weighted by molar-refractivity contribution is 7.10. The largest absolute Gasteiger partial charge is 0.478 e. The summed E-state index contributed by atoms with van der Waals surface area (Å²) in [5.74, 6) is -1.63. The Bertz CT molecular complexity index is 579. The highest BCUT2D eigenvalue weighted by Gasteiger charge is 2.30. The minimum absolute atomic E-state index is 0.160. The van der Waals surface area contributed by atoms with E-state index in [2.05, 4.69) is 5.32 Å². The SMILES string of the molecule is CC1C(=O)NC(=O)CN1Cc1sccc1C=CC(=O)O. The number of hydrogen-bond donors (Lipinski definition) is 2. The Balaban J connectivity index is 2.13. The minimum Gasteiger partial charge on any atom is -0.478 e. The molecule has 1 atom stereocenters. The van der Waals surface area contributed by atoms with Crippen molar-refractivity contribution in [1.29, 1.82) is 0 Å². The third kappa shape index (κ3) is 3.31. The van der Waals surface area contributed by atoms with E-state index in [-0.39, 0.29) is 24.4 Å². The van der Waals surface area contributed by atoms with Crippen molar-refractivity contribution in [3.8, 4) is 0 Å². The van der Waals surface area contributed by atoms with Gasteiger partial charge in [0, 0.05) is 17.5 Å². The first kappa shape index (κ1) is 14.4. The molecule has 2 amide bonds. The monoisotopic (exact) mass is 294 g/mol. The molecule has 1 aliphatic rings. The number of carboxylic acids is 1. The van der Waals surface area contributed by atoms with Crippen molar-refractivity contribution in [1.82, 2.24) is 10.2 Å². The fraction of sp³-hybridized carbons (Fsp3) is 0.308. The molecular formula is C13H14N2O4S. The summed E-state index contributed by atoms with van der Waals surface area (Å²) in [5, 5.41) is 12.8. The Morgan fingerprint density at radius 2 is 2.35 bits per heavy atom. The molecule has 106 valence electrons. The van der Waals surface area contributed by atoms with Crippen molar-refractivity contribution in [2.45, 2.75) is 19.5 Å². The lowest BCUT2D eigenvalue weighted by Gasteiger charge is -2.31. The molecule has 2 rings (SSSR count). The lowest BCUT2D eigenvalue weighted by Crippen LogP contribution is -2.56. The molecule has 0 radical (unpaired) electrons. The van der Waals surface area contributed by atoms with Gasteiger partial charge in [-0.25, -0.2) is 4.79 Å². The first-order chi connectivity index (χ1) is 9.47. The standard InChI is InChI=1S/C13H14N2O4S/c1-8-13(19)14-11(16)7-15(8)6-10-9(4-5-20-10)2-3-12(17)18/h2-5,8H,6-7H2,1H3,(H,17,18)(H,14,16,19). The first-order valence-electron chi connectivity index (χ1n) is 6.02. The number of piperazine rings is 1. The number of rotatable bonds is 4. The van der Waals surface area contributed by atoms with Crippen LogP contribution < -0.4 is 5.32 Å². The molecule has 1 aromatic rings. The zero-order valence-corrected chi connectivity index (χ0v) is 11.6. The topological polar surface area (TPSA) is 86.7 Å². The summed E-state index contributed by atoms with van der Waals surface area (Å²) in [7, 11) is 0. The Kier molecular flexibility index (Phi) is 4.31. The van der Waals surface area contributed by atoms with Crippen molar-refractivity contribution in [2.75, 3.05) is 6.54 Å². The number of amides is 2. The van der Waals surface area contributed by atoms with Crippen LogP contribution >= 0.6 is 11.3 Å². The van der Waals surface area contributed by atoms with Gasteiger partial charge in [0.15, 0.2) is 0 Å². The number of aliphatic carboxylic acids is 1. The molecular weight excluding hydrogens is 280 g/mol. The second-order valence-corrected chi connectivity index (χ2v) is 5.46. The molecule has 0 aromatic carbocycles. The number of hydrogen-bond acceptors (Lipinski definition) is 5. The average molecular weight is 294 g/mol. The molecule has 0 bridgehead atoms. The van der Waals surface area contributed by atoms with Gasteiger partial charge in [0.25, 0.3) is 0 Å². The number of nitrogens with zero attached hydrogens (tertiary/aromatic N) is 1. The highest BCUT2D eigenvalue weighted by Crippen LogP contribution is 2.22. The van der Waals surface area contributed by atoms with Crippen LogP contribution in [0.3, 0.4) is 0 Å². The summed E-state index contributed by atoms with van der Waals surface area (Å²) in [5.41, 5.74) is 0.794. The van der Waals surface area contributed by atoms with Crippen LogP contribution in [-0.2, 0) is 20.9 Å². The zero-order valence-electron chi connectivity index (χ0n) is 10.8.